The molecule has 4 atom stereocenters. The van der Waals surface area contributed by atoms with E-state index in [0.717, 1.165) is 25.7 Å². The molecule has 1 aliphatic heterocycles. The quantitative estimate of drug-likeness (QED) is 0.236. The highest BCUT2D eigenvalue weighted by atomic mass is 17.5. The first kappa shape index (κ1) is 24.2. The van der Waals surface area contributed by atoms with Gasteiger partial charge >= 0.3 is 11.9 Å². The molecule has 29 heavy (non-hydrogen) atoms. The minimum absolute atomic E-state index is 0.206. The molecule has 4 unspecified atom stereocenters. The summed E-state index contributed by atoms with van der Waals surface area (Å²) in [4.78, 5) is 34.3. The Kier molecular flexibility index (Phi) is 11.7. The zero-order valence-electron chi connectivity index (χ0n) is 18.7. The Bertz CT molecular complexity index is 478. The summed E-state index contributed by atoms with van der Waals surface area (Å²) in [6, 6.07) is 0. The van der Waals surface area contributed by atoms with Crippen LogP contribution in [0.3, 0.4) is 0 Å². The van der Waals surface area contributed by atoms with Crippen LogP contribution in [-0.4, -0.2) is 11.9 Å². The van der Waals surface area contributed by atoms with Gasteiger partial charge in [-0.05, 0) is 31.1 Å². The van der Waals surface area contributed by atoms with Gasteiger partial charge in [-0.25, -0.2) is 9.59 Å². The Morgan fingerprint density at radius 2 is 1.24 bits per heavy atom. The van der Waals surface area contributed by atoms with Crippen molar-refractivity contribution in [3.63, 3.8) is 0 Å². The molecule has 5 heteroatoms. The summed E-state index contributed by atoms with van der Waals surface area (Å²) in [6.45, 7) is 4.47. The van der Waals surface area contributed by atoms with Crippen LogP contribution in [0.25, 0.3) is 0 Å². The molecule has 0 aromatic carbocycles. The summed E-state index contributed by atoms with van der Waals surface area (Å²) in [6.07, 6.45) is 19.0. The van der Waals surface area contributed by atoms with Crippen molar-refractivity contribution >= 4 is 11.9 Å². The second-order valence-corrected chi connectivity index (χ2v) is 9.12. The largest absolute Gasteiger partial charge is 0.350 e. The Morgan fingerprint density at radius 1 is 0.690 bits per heavy atom. The minimum atomic E-state index is -0.438. The number of hydrogen-bond donors (Lipinski definition) is 0. The normalized spacial score (nSPS) is 27.1. The lowest BCUT2D eigenvalue weighted by molar-refractivity contribution is -0.456. The Hall–Kier alpha value is -1.10. The smallest absolute Gasteiger partial charge is 0.259 e. The predicted molar refractivity (Wildman–Crippen MR) is 112 cm³/mol. The van der Waals surface area contributed by atoms with Crippen LogP contribution in [0.2, 0.25) is 0 Å². The maximum atomic E-state index is 12.6. The topological polar surface area (TPSA) is 61.8 Å². The van der Waals surface area contributed by atoms with Crippen LogP contribution < -0.4 is 0 Å². The maximum Gasteiger partial charge on any atom is 0.350 e. The molecule has 5 nitrogen and oxygen atoms in total. The summed E-state index contributed by atoms with van der Waals surface area (Å²) >= 11 is 0. The molecule has 0 spiro atoms. The fraction of sp³-hybridized carbons (Fsp3) is 0.917. The molecule has 1 heterocycles. The molecule has 2 rings (SSSR count). The minimum Gasteiger partial charge on any atom is -0.259 e. The van der Waals surface area contributed by atoms with Gasteiger partial charge in [0.15, 0.2) is 0 Å². The van der Waals surface area contributed by atoms with Crippen molar-refractivity contribution in [2.75, 3.05) is 0 Å². The number of hydrogen-bond acceptors (Lipinski definition) is 5. The molecular formula is C24H42O5. The van der Waals surface area contributed by atoms with E-state index in [1.807, 2.05) is 0 Å². The van der Waals surface area contributed by atoms with Crippen LogP contribution in [0.1, 0.15) is 117 Å². The highest BCUT2D eigenvalue weighted by Gasteiger charge is 2.49. The lowest BCUT2D eigenvalue weighted by atomic mass is 9.63. The summed E-state index contributed by atoms with van der Waals surface area (Å²) in [5, 5.41) is 4.40. The van der Waals surface area contributed by atoms with E-state index in [-0.39, 0.29) is 5.92 Å². The van der Waals surface area contributed by atoms with Gasteiger partial charge in [0.2, 0.25) is 0 Å². The molecule has 0 amide bonds. The molecule has 1 saturated heterocycles. The monoisotopic (exact) mass is 410 g/mol. The van der Waals surface area contributed by atoms with Gasteiger partial charge in [-0.3, -0.25) is 9.78 Å². The SMILES string of the molecule is CCCCCCCCC1CCC2C(=O)OOOC(=O)C2C1CCCCCCCC. The fourth-order valence-electron chi connectivity index (χ4n) is 5.30. The van der Waals surface area contributed by atoms with Crippen molar-refractivity contribution < 1.29 is 24.4 Å². The maximum absolute atomic E-state index is 12.6. The molecule has 2 fully saturated rings. The van der Waals surface area contributed by atoms with E-state index in [1.165, 1.54) is 70.6 Å². The Labute approximate surface area is 177 Å². The number of unbranched alkanes of at least 4 members (excludes halogenated alkanes) is 10. The van der Waals surface area contributed by atoms with Crippen molar-refractivity contribution in [2.24, 2.45) is 23.7 Å². The molecule has 1 saturated carbocycles. The van der Waals surface area contributed by atoms with Gasteiger partial charge in [0.25, 0.3) is 0 Å². The molecule has 1 aliphatic carbocycles. The number of carbonyl (C=O) groups is 2. The van der Waals surface area contributed by atoms with Crippen LogP contribution in [0.15, 0.2) is 0 Å². The predicted octanol–water partition coefficient (Wildman–Crippen LogP) is 6.69. The van der Waals surface area contributed by atoms with Crippen molar-refractivity contribution in [3.8, 4) is 0 Å². The van der Waals surface area contributed by atoms with E-state index in [9.17, 15) is 9.59 Å². The highest BCUT2D eigenvalue weighted by Crippen LogP contribution is 2.45. The number of carbonyl (C=O) groups excluding carboxylic acids is 2. The average Bonchev–Trinajstić information content (AvgIpc) is 2.86. The lowest BCUT2D eigenvalue weighted by Gasteiger charge is -2.39. The molecule has 0 aromatic rings. The third-order valence-electron chi connectivity index (χ3n) is 6.98. The zero-order valence-corrected chi connectivity index (χ0v) is 18.7. The zero-order chi connectivity index (χ0) is 20.9. The summed E-state index contributed by atoms with van der Waals surface area (Å²) in [7, 11) is 0. The van der Waals surface area contributed by atoms with Crippen LogP contribution in [0.4, 0.5) is 0 Å². The molecule has 0 radical (unpaired) electrons. The lowest BCUT2D eigenvalue weighted by Crippen LogP contribution is -2.42. The second-order valence-electron chi connectivity index (χ2n) is 9.12. The Balaban J connectivity index is 1.92. The number of fused-ring (bicyclic) bond motifs is 1. The van der Waals surface area contributed by atoms with E-state index in [0.29, 0.717) is 12.3 Å². The summed E-state index contributed by atoms with van der Waals surface area (Å²) < 4.78 is 0. The average molecular weight is 411 g/mol. The molecule has 168 valence electrons. The fourth-order valence-corrected chi connectivity index (χ4v) is 5.30. The molecule has 0 N–H and O–H groups in total. The van der Waals surface area contributed by atoms with E-state index >= 15 is 0 Å². The van der Waals surface area contributed by atoms with Gasteiger partial charge in [-0.2, -0.15) is 0 Å². The third-order valence-corrected chi connectivity index (χ3v) is 6.98. The van der Waals surface area contributed by atoms with E-state index in [2.05, 4.69) is 23.8 Å². The number of rotatable bonds is 14. The molecule has 2 aliphatic rings. The van der Waals surface area contributed by atoms with Gasteiger partial charge in [0, 0.05) is 5.04 Å². The van der Waals surface area contributed by atoms with Crippen molar-refractivity contribution in [2.45, 2.75) is 117 Å². The molecule has 0 bridgehead atoms. The van der Waals surface area contributed by atoms with E-state index < -0.39 is 23.8 Å². The summed E-state index contributed by atoms with van der Waals surface area (Å²) in [5.74, 6) is -0.958. The second kappa shape index (κ2) is 14.0. The first-order valence-corrected chi connectivity index (χ1v) is 12.3. The van der Waals surface area contributed by atoms with Gasteiger partial charge in [-0.1, -0.05) is 97.3 Å². The first-order chi connectivity index (χ1) is 14.2. The van der Waals surface area contributed by atoms with Crippen molar-refractivity contribution in [1.82, 2.24) is 0 Å². The van der Waals surface area contributed by atoms with Gasteiger partial charge in [0.1, 0.15) is 0 Å². The van der Waals surface area contributed by atoms with Crippen LogP contribution >= 0.6 is 0 Å². The van der Waals surface area contributed by atoms with Gasteiger partial charge in [-0.15, -0.1) is 0 Å². The van der Waals surface area contributed by atoms with Crippen molar-refractivity contribution in [3.05, 3.63) is 0 Å². The highest BCUT2D eigenvalue weighted by molar-refractivity contribution is 5.82. The van der Waals surface area contributed by atoms with Crippen LogP contribution in [0.5, 0.6) is 0 Å². The molecule has 0 aromatic heterocycles. The van der Waals surface area contributed by atoms with Gasteiger partial charge in [0.05, 0.1) is 11.8 Å². The van der Waals surface area contributed by atoms with E-state index in [4.69, 9.17) is 4.89 Å². The third kappa shape index (κ3) is 7.92. The first-order valence-electron chi connectivity index (χ1n) is 12.3. The van der Waals surface area contributed by atoms with Gasteiger partial charge < -0.3 is 0 Å². The molecular weight excluding hydrogens is 368 g/mol. The Morgan fingerprint density at radius 3 is 1.90 bits per heavy atom. The van der Waals surface area contributed by atoms with Crippen LogP contribution in [-0.2, 0) is 24.4 Å². The van der Waals surface area contributed by atoms with E-state index in [1.54, 1.807) is 0 Å². The van der Waals surface area contributed by atoms with Crippen LogP contribution in [0, 0.1) is 23.7 Å². The standard InChI is InChI=1S/C24H42O5/c1-3-5-7-9-11-13-15-19-17-18-21-22(24(26)28-29-27-23(21)25)20(19)16-14-12-10-8-6-4-2/h19-22H,3-18H2,1-2H3. The van der Waals surface area contributed by atoms with Crippen molar-refractivity contribution in [1.29, 1.82) is 0 Å². The summed E-state index contributed by atoms with van der Waals surface area (Å²) in [5.41, 5.74) is 0.